The number of furan rings is 1. The molecule has 0 aliphatic heterocycles. The lowest BCUT2D eigenvalue weighted by molar-refractivity contribution is -0.118. The van der Waals surface area contributed by atoms with Gasteiger partial charge >= 0.3 is 0 Å². The van der Waals surface area contributed by atoms with E-state index in [4.69, 9.17) is 9.41 Å². The number of para-hydroxylation sites is 1. The number of anilines is 1. The Bertz CT molecular complexity index is 722. The molecular formula is C22H34IN5O2. The summed E-state index contributed by atoms with van der Waals surface area (Å²) in [4.78, 5) is 17.9. The van der Waals surface area contributed by atoms with Crippen LogP contribution in [0.15, 0.2) is 58.1 Å². The third-order valence-corrected chi connectivity index (χ3v) is 4.38. The summed E-state index contributed by atoms with van der Waals surface area (Å²) in [5.74, 6) is 1.74. The monoisotopic (exact) mass is 527 g/mol. The summed E-state index contributed by atoms with van der Waals surface area (Å²) < 4.78 is 5.37. The molecule has 30 heavy (non-hydrogen) atoms. The van der Waals surface area contributed by atoms with E-state index in [0.29, 0.717) is 6.54 Å². The largest absolute Gasteiger partial charge is 0.469 e. The first-order chi connectivity index (χ1) is 14.1. The van der Waals surface area contributed by atoms with E-state index in [1.54, 1.807) is 6.26 Å². The van der Waals surface area contributed by atoms with Gasteiger partial charge in [0.1, 0.15) is 5.76 Å². The van der Waals surface area contributed by atoms with Gasteiger partial charge in [-0.2, -0.15) is 0 Å². The fourth-order valence-electron chi connectivity index (χ4n) is 2.80. The summed E-state index contributed by atoms with van der Waals surface area (Å²) in [7, 11) is 2.10. The highest BCUT2D eigenvalue weighted by Crippen LogP contribution is 2.10. The van der Waals surface area contributed by atoms with Gasteiger partial charge in [-0.05, 0) is 37.1 Å². The van der Waals surface area contributed by atoms with Crippen molar-refractivity contribution in [3.63, 3.8) is 0 Å². The van der Waals surface area contributed by atoms with Crippen LogP contribution in [0.4, 0.5) is 5.69 Å². The van der Waals surface area contributed by atoms with Crippen molar-refractivity contribution in [2.24, 2.45) is 4.99 Å². The van der Waals surface area contributed by atoms with Crippen LogP contribution in [0.5, 0.6) is 0 Å². The number of hydrogen-bond acceptors (Lipinski definition) is 4. The Kier molecular flexibility index (Phi) is 13.4. The molecule has 0 saturated heterocycles. The zero-order valence-electron chi connectivity index (χ0n) is 17.9. The predicted molar refractivity (Wildman–Crippen MR) is 134 cm³/mol. The minimum atomic E-state index is -0.00185. The van der Waals surface area contributed by atoms with E-state index in [-0.39, 0.29) is 29.9 Å². The SMILES string of the molecule is CC(=O)NCCCNC(=NCCCN(C)c1ccccc1)NCCc1ccco1.I. The Labute approximate surface area is 196 Å². The third kappa shape index (κ3) is 11.1. The topological polar surface area (TPSA) is 81.9 Å². The minimum Gasteiger partial charge on any atom is -0.469 e. The predicted octanol–water partition coefficient (Wildman–Crippen LogP) is 3.03. The minimum absolute atomic E-state index is 0. The Morgan fingerprint density at radius 2 is 1.73 bits per heavy atom. The molecular weight excluding hydrogens is 493 g/mol. The second kappa shape index (κ2) is 15.6. The molecule has 1 heterocycles. The van der Waals surface area contributed by atoms with E-state index >= 15 is 0 Å². The average Bonchev–Trinajstić information content (AvgIpc) is 3.24. The molecule has 0 fully saturated rings. The molecule has 7 nitrogen and oxygen atoms in total. The lowest BCUT2D eigenvalue weighted by Crippen LogP contribution is -2.40. The van der Waals surface area contributed by atoms with Crippen molar-refractivity contribution in [2.45, 2.75) is 26.2 Å². The third-order valence-electron chi connectivity index (χ3n) is 4.38. The van der Waals surface area contributed by atoms with Crippen molar-refractivity contribution in [3.8, 4) is 0 Å². The molecule has 2 rings (SSSR count). The standard InChI is InChI=1S/C22H33N5O2.HI/c1-19(28)23-13-7-14-24-22(26-16-12-21-11-6-18-29-21)25-15-8-17-27(2)20-9-4-3-5-10-20;/h3-6,9-11,18H,7-8,12-17H2,1-2H3,(H,23,28)(H2,24,25,26);1H. The van der Waals surface area contributed by atoms with E-state index in [2.05, 4.69) is 52.2 Å². The molecule has 8 heteroatoms. The number of nitrogens with zero attached hydrogens (tertiary/aromatic N) is 2. The zero-order valence-corrected chi connectivity index (χ0v) is 20.2. The van der Waals surface area contributed by atoms with Gasteiger partial charge in [0.2, 0.25) is 5.91 Å². The summed E-state index contributed by atoms with van der Waals surface area (Å²) in [5, 5.41) is 9.50. The number of amides is 1. The highest BCUT2D eigenvalue weighted by molar-refractivity contribution is 14.0. The summed E-state index contributed by atoms with van der Waals surface area (Å²) >= 11 is 0. The molecule has 0 aliphatic carbocycles. The van der Waals surface area contributed by atoms with Crippen LogP contribution in [0.1, 0.15) is 25.5 Å². The Balaban J connectivity index is 0.00000450. The van der Waals surface area contributed by atoms with Gasteiger partial charge in [0, 0.05) is 58.8 Å². The van der Waals surface area contributed by atoms with E-state index in [0.717, 1.165) is 57.2 Å². The van der Waals surface area contributed by atoms with E-state index in [1.165, 1.54) is 12.6 Å². The highest BCUT2D eigenvalue weighted by atomic mass is 127. The van der Waals surface area contributed by atoms with Gasteiger partial charge in [0.15, 0.2) is 5.96 Å². The van der Waals surface area contributed by atoms with E-state index in [9.17, 15) is 4.79 Å². The van der Waals surface area contributed by atoms with Crippen LogP contribution in [0.3, 0.4) is 0 Å². The van der Waals surface area contributed by atoms with Gasteiger partial charge in [-0.3, -0.25) is 9.79 Å². The first kappa shape index (κ1) is 25.8. The van der Waals surface area contributed by atoms with Crippen molar-refractivity contribution >= 4 is 41.5 Å². The molecule has 0 atom stereocenters. The summed E-state index contributed by atoms with van der Waals surface area (Å²) in [6.07, 6.45) is 4.29. The molecule has 0 bridgehead atoms. The Morgan fingerprint density at radius 1 is 1.00 bits per heavy atom. The molecule has 0 saturated carbocycles. The Morgan fingerprint density at radius 3 is 2.43 bits per heavy atom. The smallest absolute Gasteiger partial charge is 0.216 e. The van der Waals surface area contributed by atoms with Gasteiger partial charge < -0.3 is 25.3 Å². The van der Waals surface area contributed by atoms with Crippen molar-refractivity contribution in [2.75, 3.05) is 44.7 Å². The first-order valence-electron chi connectivity index (χ1n) is 10.2. The first-order valence-corrected chi connectivity index (χ1v) is 10.2. The second-order valence-electron chi connectivity index (χ2n) is 6.86. The molecule has 0 spiro atoms. The molecule has 1 amide bonds. The van der Waals surface area contributed by atoms with Crippen LogP contribution in [-0.4, -0.2) is 51.6 Å². The summed E-state index contributed by atoms with van der Waals surface area (Å²) in [6, 6.07) is 14.2. The van der Waals surface area contributed by atoms with E-state index in [1.807, 2.05) is 18.2 Å². The van der Waals surface area contributed by atoms with Crippen molar-refractivity contribution in [1.29, 1.82) is 0 Å². The highest BCUT2D eigenvalue weighted by Gasteiger charge is 2.02. The number of benzene rings is 1. The maximum Gasteiger partial charge on any atom is 0.216 e. The maximum atomic E-state index is 10.9. The number of rotatable bonds is 12. The number of carbonyl (C=O) groups is 1. The molecule has 0 aliphatic rings. The number of nitrogens with one attached hydrogen (secondary N) is 3. The quantitative estimate of drug-likeness (QED) is 0.171. The zero-order chi connectivity index (χ0) is 20.7. The van der Waals surface area contributed by atoms with Crippen molar-refractivity contribution in [1.82, 2.24) is 16.0 Å². The van der Waals surface area contributed by atoms with Gasteiger partial charge in [0.05, 0.1) is 6.26 Å². The normalized spacial score (nSPS) is 10.8. The molecule has 2 aromatic rings. The van der Waals surface area contributed by atoms with Gasteiger partial charge in [-0.25, -0.2) is 0 Å². The van der Waals surface area contributed by atoms with Crippen molar-refractivity contribution in [3.05, 3.63) is 54.5 Å². The number of carbonyl (C=O) groups excluding carboxylic acids is 1. The van der Waals surface area contributed by atoms with Gasteiger partial charge in [0.25, 0.3) is 0 Å². The van der Waals surface area contributed by atoms with Gasteiger partial charge in [-0.15, -0.1) is 24.0 Å². The number of hydrogen-bond donors (Lipinski definition) is 3. The Hall–Kier alpha value is -2.23. The molecule has 1 aromatic heterocycles. The van der Waals surface area contributed by atoms with Crippen LogP contribution in [0.2, 0.25) is 0 Å². The molecule has 3 N–H and O–H groups in total. The fourth-order valence-corrected chi connectivity index (χ4v) is 2.80. The molecule has 0 radical (unpaired) electrons. The fraction of sp³-hybridized carbons (Fsp3) is 0.455. The van der Waals surface area contributed by atoms with Crippen LogP contribution in [0, 0.1) is 0 Å². The van der Waals surface area contributed by atoms with Crippen LogP contribution in [0.25, 0.3) is 0 Å². The molecule has 1 aromatic carbocycles. The summed E-state index contributed by atoms with van der Waals surface area (Å²) in [6.45, 7) is 5.35. The number of guanidine groups is 1. The van der Waals surface area contributed by atoms with Gasteiger partial charge in [-0.1, -0.05) is 18.2 Å². The number of halogens is 1. The lowest BCUT2D eigenvalue weighted by Gasteiger charge is -2.18. The van der Waals surface area contributed by atoms with Crippen LogP contribution >= 0.6 is 24.0 Å². The second-order valence-corrected chi connectivity index (χ2v) is 6.86. The maximum absolute atomic E-state index is 10.9. The van der Waals surface area contributed by atoms with E-state index < -0.39 is 0 Å². The van der Waals surface area contributed by atoms with Crippen LogP contribution in [-0.2, 0) is 11.2 Å². The van der Waals surface area contributed by atoms with Crippen molar-refractivity contribution < 1.29 is 9.21 Å². The van der Waals surface area contributed by atoms with Crippen LogP contribution < -0.4 is 20.9 Å². The molecule has 0 unspecified atom stereocenters. The number of aliphatic imine (C=N–C) groups is 1. The molecule has 166 valence electrons. The average molecular weight is 527 g/mol. The summed E-state index contributed by atoms with van der Waals surface area (Å²) in [5.41, 5.74) is 1.21. The lowest BCUT2D eigenvalue weighted by atomic mass is 10.3.